The number of Topliss-reactive ketones (excluding diaryl/α,β-unsaturated/α-hetero) is 2. The van der Waals surface area contributed by atoms with Gasteiger partial charge in [-0.3, -0.25) is 9.59 Å². The van der Waals surface area contributed by atoms with Crippen LogP contribution < -0.4 is 9.47 Å². The first kappa shape index (κ1) is 14.4. The second-order valence-corrected chi connectivity index (χ2v) is 5.41. The second-order valence-electron chi connectivity index (χ2n) is 5.41. The maximum absolute atomic E-state index is 12.0. The monoisotopic (exact) mass is 299 g/mol. The molecule has 3 rings (SSSR count). The summed E-state index contributed by atoms with van der Waals surface area (Å²) in [4.78, 5) is 23.9. The van der Waals surface area contributed by atoms with Crippen LogP contribution >= 0.6 is 0 Å². The fourth-order valence-corrected chi connectivity index (χ4v) is 3.11. The number of hydrogen-bond acceptors (Lipinski definition) is 4. The summed E-state index contributed by atoms with van der Waals surface area (Å²) in [5, 5.41) is 0. The highest BCUT2D eigenvalue weighted by Crippen LogP contribution is 2.35. The highest BCUT2D eigenvalue weighted by atomic mass is 16.7. The number of ketones is 2. The summed E-state index contributed by atoms with van der Waals surface area (Å²) in [5.41, 5.74) is 3.34. The van der Waals surface area contributed by atoms with Crippen molar-refractivity contribution >= 4 is 11.6 Å². The third-order valence-electron chi connectivity index (χ3n) is 3.96. The SMILES string of the molecule is CC(=O)c1c(C(C)=O)c(C)n(-c2ccc3c(c2)OCO3)c1C. The Hall–Kier alpha value is -2.56. The predicted octanol–water partition coefficient (Wildman–Crippen LogP) is 3.23. The van der Waals surface area contributed by atoms with Gasteiger partial charge >= 0.3 is 0 Å². The van der Waals surface area contributed by atoms with Gasteiger partial charge in [0.05, 0.1) is 0 Å². The molecule has 0 N–H and O–H groups in total. The molecule has 0 amide bonds. The minimum absolute atomic E-state index is 0.106. The summed E-state index contributed by atoms with van der Waals surface area (Å²) in [7, 11) is 0. The van der Waals surface area contributed by atoms with Gasteiger partial charge < -0.3 is 14.0 Å². The Morgan fingerprint density at radius 3 is 2.05 bits per heavy atom. The van der Waals surface area contributed by atoms with Gasteiger partial charge in [0.1, 0.15) is 0 Å². The number of ether oxygens (including phenoxy) is 2. The van der Waals surface area contributed by atoms with Crippen LogP contribution in [0.25, 0.3) is 5.69 Å². The molecule has 114 valence electrons. The number of benzene rings is 1. The zero-order chi connectivity index (χ0) is 16.0. The van der Waals surface area contributed by atoms with Crippen molar-refractivity contribution in [2.75, 3.05) is 6.79 Å². The summed E-state index contributed by atoms with van der Waals surface area (Å²) in [6.45, 7) is 6.87. The molecule has 22 heavy (non-hydrogen) atoms. The van der Waals surface area contributed by atoms with Gasteiger partial charge in [-0.05, 0) is 39.8 Å². The first-order valence-electron chi connectivity index (χ1n) is 7.05. The molecule has 1 aromatic carbocycles. The molecule has 5 heteroatoms. The Kier molecular flexibility index (Phi) is 3.28. The Morgan fingerprint density at radius 1 is 0.955 bits per heavy atom. The van der Waals surface area contributed by atoms with Crippen LogP contribution in [0, 0.1) is 13.8 Å². The van der Waals surface area contributed by atoms with Crippen LogP contribution in [0.15, 0.2) is 18.2 Å². The van der Waals surface area contributed by atoms with Gasteiger partial charge in [0.25, 0.3) is 0 Å². The highest BCUT2D eigenvalue weighted by molar-refractivity contribution is 6.09. The van der Waals surface area contributed by atoms with E-state index in [4.69, 9.17) is 9.47 Å². The molecule has 2 aromatic rings. The lowest BCUT2D eigenvalue weighted by Gasteiger charge is -2.10. The van der Waals surface area contributed by atoms with E-state index >= 15 is 0 Å². The lowest BCUT2D eigenvalue weighted by molar-refractivity contribution is 0.0981. The van der Waals surface area contributed by atoms with E-state index in [9.17, 15) is 9.59 Å². The van der Waals surface area contributed by atoms with Crippen molar-refractivity contribution in [2.24, 2.45) is 0 Å². The van der Waals surface area contributed by atoms with E-state index in [0.717, 1.165) is 17.1 Å². The van der Waals surface area contributed by atoms with Gasteiger partial charge in [0.2, 0.25) is 6.79 Å². The molecule has 0 fully saturated rings. The average Bonchev–Trinajstić information content (AvgIpc) is 3.00. The van der Waals surface area contributed by atoms with Crippen molar-refractivity contribution < 1.29 is 19.1 Å². The molecule has 0 unspecified atom stereocenters. The number of hydrogen-bond donors (Lipinski definition) is 0. The van der Waals surface area contributed by atoms with E-state index in [0.29, 0.717) is 22.6 Å². The Morgan fingerprint density at radius 2 is 1.50 bits per heavy atom. The molecule has 0 bridgehead atoms. The molecule has 0 spiro atoms. The van der Waals surface area contributed by atoms with E-state index in [1.807, 2.05) is 36.6 Å². The van der Waals surface area contributed by atoms with E-state index in [2.05, 4.69) is 0 Å². The molecule has 1 aliphatic rings. The molecular formula is C17H17NO4. The molecule has 1 aliphatic heterocycles. The van der Waals surface area contributed by atoms with Crippen molar-refractivity contribution in [1.29, 1.82) is 0 Å². The Bertz CT molecular complexity index is 764. The van der Waals surface area contributed by atoms with E-state index in [-0.39, 0.29) is 18.4 Å². The first-order valence-corrected chi connectivity index (χ1v) is 7.05. The van der Waals surface area contributed by atoms with E-state index in [1.54, 1.807) is 0 Å². The minimum atomic E-state index is -0.106. The summed E-state index contributed by atoms with van der Waals surface area (Å²) in [5.74, 6) is 1.15. The van der Waals surface area contributed by atoms with E-state index < -0.39 is 0 Å². The molecule has 2 heterocycles. The zero-order valence-electron chi connectivity index (χ0n) is 13.0. The molecule has 5 nitrogen and oxygen atoms in total. The van der Waals surface area contributed by atoms with E-state index in [1.165, 1.54) is 13.8 Å². The second kappa shape index (κ2) is 5.02. The highest BCUT2D eigenvalue weighted by Gasteiger charge is 2.25. The number of carbonyl (C=O) groups excluding carboxylic acids is 2. The number of rotatable bonds is 3. The van der Waals surface area contributed by atoms with Crippen LogP contribution in [0.3, 0.4) is 0 Å². The maximum Gasteiger partial charge on any atom is 0.231 e. The van der Waals surface area contributed by atoms with Crippen molar-refractivity contribution in [3.63, 3.8) is 0 Å². The van der Waals surface area contributed by atoms with Crippen molar-refractivity contribution in [2.45, 2.75) is 27.7 Å². The van der Waals surface area contributed by atoms with Crippen molar-refractivity contribution in [1.82, 2.24) is 4.57 Å². The van der Waals surface area contributed by atoms with Gasteiger partial charge in [0, 0.05) is 34.3 Å². The minimum Gasteiger partial charge on any atom is -0.454 e. The molecule has 0 saturated carbocycles. The number of carbonyl (C=O) groups is 2. The summed E-state index contributed by atoms with van der Waals surface area (Å²) in [6, 6.07) is 5.58. The van der Waals surface area contributed by atoms with Crippen LogP contribution in [0.4, 0.5) is 0 Å². The van der Waals surface area contributed by atoms with Crippen LogP contribution in [-0.4, -0.2) is 22.9 Å². The van der Waals surface area contributed by atoms with Gasteiger partial charge in [-0.15, -0.1) is 0 Å². The number of aromatic nitrogens is 1. The Balaban J connectivity index is 2.25. The Labute approximate surface area is 128 Å². The quantitative estimate of drug-likeness (QED) is 0.816. The molecule has 0 aliphatic carbocycles. The lowest BCUT2D eigenvalue weighted by Crippen LogP contribution is -2.02. The van der Waals surface area contributed by atoms with Gasteiger partial charge in [-0.25, -0.2) is 0 Å². The first-order chi connectivity index (χ1) is 10.4. The summed E-state index contributed by atoms with van der Waals surface area (Å²) in [6.07, 6.45) is 0. The molecular weight excluding hydrogens is 282 g/mol. The number of fused-ring (bicyclic) bond motifs is 1. The number of nitrogens with zero attached hydrogens (tertiary/aromatic N) is 1. The topological polar surface area (TPSA) is 57.5 Å². The normalized spacial score (nSPS) is 12.5. The third-order valence-corrected chi connectivity index (χ3v) is 3.96. The fourth-order valence-electron chi connectivity index (χ4n) is 3.11. The van der Waals surface area contributed by atoms with Crippen LogP contribution in [0.5, 0.6) is 11.5 Å². The maximum atomic E-state index is 12.0. The van der Waals surface area contributed by atoms with Gasteiger partial charge in [-0.1, -0.05) is 0 Å². The predicted molar refractivity (Wildman–Crippen MR) is 81.4 cm³/mol. The van der Waals surface area contributed by atoms with Crippen LogP contribution in [0.2, 0.25) is 0 Å². The summed E-state index contributed by atoms with van der Waals surface area (Å²) < 4.78 is 12.6. The van der Waals surface area contributed by atoms with Crippen LogP contribution in [0.1, 0.15) is 46.0 Å². The van der Waals surface area contributed by atoms with Crippen molar-refractivity contribution in [3.05, 3.63) is 40.7 Å². The fraction of sp³-hybridized carbons (Fsp3) is 0.294. The average molecular weight is 299 g/mol. The lowest BCUT2D eigenvalue weighted by atomic mass is 10.0. The van der Waals surface area contributed by atoms with Crippen LogP contribution in [-0.2, 0) is 0 Å². The smallest absolute Gasteiger partial charge is 0.231 e. The third kappa shape index (κ3) is 2.01. The largest absolute Gasteiger partial charge is 0.454 e. The van der Waals surface area contributed by atoms with Gasteiger partial charge in [-0.2, -0.15) is 0 Å². The standard InChI is InChI=1S/C17H17NO4/c1-9-16(11(3)19)17(12(4)20)10(2)18(9)13-5-6-14-15(7-13)22-8-21-14/h5-7H,8H2,1-4H3. The molecule has 0 radical (unpaired) electrons. The van der Waals surface area contributed by atoms with Gasteiger partial charge in [0.15, 0.2) is 23.1 Å². The molecule has 0 atom stereocenters. The summed E-state index contributed by atoms with van der Waals surface area (Å²) >= 11 is 0. The molecule has 0 saturated heterocycles. The molecule has 1 aromatic heterocycles. The zero-order valence-corrected chi connectivity index (χ0v) is 13.0. The van der Waals surface area contributed by atoms with Crippen molar-refractivity contribution in [3.8, 4) is 17.2 Å².